The maximum atomic E-state index is 14.0. The number of carbonyl (C=O) groups is 4. The standard InChI is InChI=1S/C52H59N5O10S2/c1-32-47(68-31-54-32)35-8-6-33(7-9-35)28-53-50(63)42-26-39(60)29-57(42)51(64)49(52(2,3)4)55-44(61)30-66-25-24-65-22-20-56(5)21-23-67-40-17-12-34(13-18-40)46(62)45-41-19-16-38(59)27-43(41)69-48(45)36-10-14-37(58)15-11-36/h6-19,27,31,39,42,49,58-60H,20-26,28-30H2,1-5H3,(H,53,63)(H,55,61)/t39-,42+,49-/m1/s1. The van der Waals surface area contributed by atoms with Crippen molar-refractivity contribution in [3.8, 4) is 38.1 Å². The molecular formula is C52H59N5O10S2. The molecule has 364 valence electrons. The summed E-state index contributed by atoms with van der Waals surface area (Å²) >= 11 is 2.98. The molecule has 4 aromatic carbocycles. The molecule has 17 heteroatoms. The molecule has 7 rings (SSSR count). The second-order valence-corrected chi connectivity index (χ2v) is 20.1. The van der Waals surface area contributed by atoms with Crippen molar-refractivity contribution in [2.45, 2.75) is 58.8 Å². The van der Waals surface area contributed by atoms with Crippen molar-refractivity contribution in [3.05, 3.63) is 119 Å². The van der Waals surface area contributed by atoms with E-state index in [0.717, 1.165) is 42.2 Å². The topological polar surface area (TPSA) is 200 Å². The van der Waals surface area contributed by atoms with Crippen molar-refractivity contribution in [2.24, 2.45) is 5.41 Å². The lowest BCUT2D eigenvalue weighted by atomic mass is 9.85. The second-order valence-electron chi connectivity index (χ2n) is 18.1. The molecule has 2 aromatic heterocycles. The second kappa shape index (κ2) is 22.9. The van der Waals surface area contributed by atoms with Crippen molar-refractivity contribution < 1.29 is 48.7 Å². The first-order valence-corrected chi connectivity index (χ1v) is 24.5. The van der Waals surface area contributed by atoms with Gasteiger partial charge in [-0.25, -0.2) is 4.98 Å². The Bertz CT molecular complexity index is 2720. The SMILES string of the molecule is Cc1ncsc1-c1ccc(CNC(=O)[C@@H]2C[C@@H](O)CN2C(=O)[C@@H](NC(=O)COCCOCCN(C)CCOc2ccc(C(=O)c3c(-c4ccc(O)cc4)sc4cc(O)ccc34)cc2)C(C)(C)C)cc1. The van der Waals surface area contributed by atoms with Gasteiger partial charge < -0.3 is 50.0 Å². The van der Waals surface area contributed by atoms with Gasteiger partial charge in [-0.1, -0.05) is 45.0 Å². The number of amides is 3. The number of likely N-dealkylation sites (N-methyl/N-ethyl adjacent to an activating group) is 1. The van der Waals surface area contributed by atoms with E-state index < -0.39 is 35.4 Å². The molecule has 3 heterocycles. The number of aliphatic hydroxyl groups is 1. The number of aliphatic hydroxyl groups excluding tert-OH is 1. The minimum atomic E-state index is -0.974. The molecule has 0 bridgehead atoms. The zero-order valence-electron chi connectivity index (χ0n) is 39.4. The van der Waals surface area contributed by atoms with Crippen LogP contribution in [0.1, 0.15) is 54.4 Å². The van der Waals surface area contributed by atoms with Gasteiger partial charge in [0.1, 0.15) is 42.5 Å². The highest BCUT2D eigenvalue weighted by Crippen LogP contribution is 2.41. The van der Waals surface area contributed by atoms with Crippen molar-refractivity contribution in [2.75, 3.05) is 59.7 Å². The summed E-state index contributed by atoms with van der Waals surface area (Å²) in [5.41, 5.74) is 5.81. The maximum Gasteiger partial charge on any atom is 0.246 e. The molecule has 0 unspecified atom stereocenters. The predicted octanol–water partition coefficient (Wildman–Crippen LogP) is 6.80. The quantitative estimate of drug-likeness (QED) is 0.0374. The Morgan fingerprint density at radius 2 is 1.52 bits per heavy atom. The van der Waals surface area contributed by atoms with Gasteiger partial charge in [-0.2, -0.15) is 0 Å². The molecule has 3 atom stereocenters. The number of phenols is 2. The number of ketones is 1. The van der Waals surface area contributed by atoms with Crippen LogP contribution in [0.5, 0.6) is 17.2 Å². The number of aromatic hydroxyl groups is 2. The Morgan fingerprint density at radius 3 is 2.22 bits per heavy atom. The van der Waals surface area contributed by atoms with Crippen LogP contribution in [0.25, 0.3) is 31.0 Å². The summed E-state index contributed by atoms with van der Waals surface area (Å²) in [6, 6.07) is 24.6. The maximum absolute atomic E-state index is 14.0. The number of β-amino-alcohol motifs (C(OH)–C–C–N with tert-alkyl or cyclic N) is 1. The minimum Gasteiger partial charge on any atom is -0.508 e. The van der Waals surface area contributed by atoms with Crippen LogP contribution in [0, 0.1) is 12.3 Å². The number of benzene rings is 4. The molecule has 1 aliphatic heterocycles. The van der Waals surface area contributed by atoms with Crippen LogP contribution in [0.4, 0.5) is 0 Å². The van der Waals surface area contributed by atoms with Crippen molar-refractivity contribution in [1.29, 1.82) is 0 Å². The molecule has 0 saturated carbocycles. The number of thiazole rings is 1. The molecule has 0 radical (unpaired) electrons. The number of phenolic OH excluding ortho intramolecular Hbond substituents is 2. The average Bonchev–Trinajstić information content (AvgIpc) is 4.05. The van der Waals surface area contributed by atoms with Crippen LogP contribution in [-0.4, -0.2) is 132 Å². The monoisotopic (exact) mass is 977 g/mol. The summed E-state index contributed by atoms with van der Waals surface area (Å²) < 4.78 is 18.1. The lowest BCUT2D eigenvalue weighted by molar-refractivity contribution is -0.144. The normalized spacial score (nSPS) is 15.4. The van der Waals surface area contributed by atoms with Gasteiger partial charge in [0.15, 0.2) is 5.78 Å². The molecule has 6 aromatic rings. The number of nitrogens with zero attached hydrogens (tertiary/aromatic N) is 3. The van der Waals surface area contributed by atoms with Gasteiger partial charge in [-0.05, 0) is 103 Å². The van der Waals surface area contributed by atoms with Gasteiger partial charge in [0.05, 0.1) is 42.0 Å². The predicted molar refractivity (Wildman–Crippen MR) is 267 cm³/mol. The molecule has 15 nitrogen and oxygen atoms in total. The molecular weight excluding hydrogens is 919 g/mol. The molecule has 0 spiro atoms. The summed E-state index contributed by atoms with van der Waals surface area (Å²) in [4.78, 5) is 63.9. The summed E-state index contributed by atoms with van der Waals surface area (Å²) in [5.74, 6) is -0.612. The largest absolute Gasteiger partial charge is 0.508 e. The number of hydrogen-bond donors (Lipinski definition) is 5. The van der Waals surface area contributed by atoms with Crippen LogP contribution >= 0.6 is 22.7 Å². The van der Waals surface area contributed by atoms with Gasteiger partial charge >= 0.3 is 0 Å². The Labute approximate surface area is 409 Å². The summed E-state index contributed by atoms with van der Waals surface area (Å²) in [6.07, 6.45) is -0.789. The van der Waals surface area contributed by atoms with Gasteiger partial charge in [0.25, 0.3) is 0 Å². The van der Waals surface area contributed by atoms with E-state index in [2.05, 4.69) is 20.5 Å². The number of aryl methyl sites for hydroxylation is 1. The van der Waals surface area contributed by atoms with E-state index in [0.29, 0.717) is 43.2 Å². The van der Waals surface area contributed by atoms with Crippen LogP contribution in [0.2, 0.25) is 0 Å². The van der Waals surface area contributed by atoms with E-state index in [1.54, 1.807) is 78.1 Å². The van der Waals surface area contributed by atoms with E-state index in [1.165, 1.54) is 16.2 Å². The number of ether oxygens (including phenoxy) is 3. The van der Waals surface area contributed by atoms with Crippen LogP contribution < -0.4 is 15.4 Å². The number of carbonyl (C=O) groups excluding carboxylic acids is 4. The van der Waals surface area contributed by atoms with E-state index in [-0.39, 0.29) is 62.5 Å². The Hall–Kier alpha value is -6.21. The van der Waals surface area contributed by atoms with Gasteiger partial charge in [-0.15, -0.1) is 22.7 Å². The molecule has 1 aliphatic rings. The fourth-order valence-corrected chi connectivity index (χ4v) is 10.0. The Kier molecular flexibility index (Phi) is 16.8. The zero-order valence-corrected chi connectivity index (χ0v) is 41.0. The fraction of sp³-hybridized carbons (Fsp3) is 0.365. The third-order valence-corrected chi connectivity index (χ3v) is 14.0. The van der Waals surface area contributed by atoms with E-state index >= 15 is 0 Å². The number of likely N-dealkylation sites (tertiary alicyclic amines) is 1. The first kappa shape index (κ1) is 50.7. The molecule has 1 fully saturated rings. The third kappa shape index (κ3) is 13.1. The number of rotatable bonds is 21. The number of aromatic nitrogens is 1. The molecule has 1 saturated heterocycles. The summed E-state index contributed by atoms with van der Waals surface area (Å²) in [5, 5.41) is 36.9. The molecule has 0 aliphatic carbocycles. The number of nitrogens with one attached hydrogen (secondary N) is 2. The molecule has 69 heavy (non-hydrogen) atoms. The Balaban J connectivity index is 0.794. The van der Waals surface area contributed by atoms with Crippen LogP contribution in [0.3, 0.4) is 0 Å². The number of thiophene rings is 1. The van der Waals surface area contributed by atoms with E-state index in [1.807, 2.05) is 64.5 Å². The first-order chi connectivity index (χ1) is 33.0. The van der Waals surface area contributed by atoms with E-state index in [4.69, 9.17) is 14.2 Å². The number of fused-ring (bicyclic) bond motifs is 1. The average molecular weight is 978 g/mol. The molecule has 5 N–H and O–H groups in total. The van der Waals surface area contributed by atoms with Crippen LogP contribution in [-0.2, 0) is 30.4 Å². The lowest BCUT2D eigenvalue weighted by Gasteiger charge is -2.35. The minimum absolute atomic E-state index is 0.0233. The van der Waals surface area contributed by atoms with Crippen molar-refractivity contribution in [3.63, 3.8) is 0 Å². The third-order valence-electron chi connectivity index (χ3n) is 11.8. The van der Waals surface area contributed by atoms with Gasteiger partial charge in [0.2, 0.25) is 17.7 Å². The smallest absolute Gasteiger partial charge is 0.246 e. The van der Waals surface area contributed by atoms with Crippen molar-refractivity contribution >= 4 is 56.3 Å². The summed E-state index contributed by atoms with van der Waals surface area (Å²) in [7, 11) is 1.95. The van der Waals surface area contributed by atoms with Gasteiger partial charge in [-0.3, -0.25) is 19.2 Å². The Morgan fingerprint density at radius 1 is 0.855 bits per heavy atom. The van der Waals surface area contributed by atoms with Gasteiger partial charge in [0, 0.05) is 58.7 Å². The highest BCUT2D eigenvalue weighted by molar-refractivity contribution is 7.22. The van der Waals surface area contributed by atoms with Crippen molar-refractivity contribution in [1.82, 2.24) is 25.4 Å². The highest BCUT2D eigenvalue weighted by Gasteiger charge is 2.44. The highest BCUT2D eigenvalue weighted by atomic mass is 32.1. The first-order valence-electron chi connectivity index (χ1n) is 22.8. The summed E-state index contributed by atoms with van der Waals surface area (Å²) in [6.45, 7) is 9.84. The zero-order chi connectivity index (χ0) is 49.2. The van der Waals surface area contributed by atoms with E-state index in [9.17, 15) is 34.5 Å². The lowest BCUT2D eigenvalue weighted by Crippen LogP contribution is -2.58. The van der Waals surface area contributed by atoms with Crippen LogP contribution in [0.15, 0.2) is 96.5 Å². The molecule has 3 amide bonds. The number of hydrogen-bond acceptors (Lipinski definition) is 14. The fourth-order valence-electron chi connectivity index (χ4n) is 7.99.